The van der Waals surface area contributed by atoms with Gasteiger partial charge in [-0.2, -0.15) is 0 Å². The zero-order valence-corrected chi connectivity index (χ0v) is 20.0. The monoisotopic (exact) mass is 483 g/mol. The summed E-state index contributed by atoms with van der Waals surface area (Å²) in [4.78, 5) is 19.1. The van der Waals surface area contributed by atoms with E-state index in [0.29, 0.717) is 54.9 Å². The molecule has 0 spiro atoms. The molecule has 1 N–H and O–H groups in total. The highest BCUT2D eigenvalue weighted by molar-refractivity contribution is 5.76. The van der Waals surface area contributed by atoms with Crippen molar-refractivity contribution in [2.75, 3.05) is 47.1 Å². The fraction of sp³-hybridized carbons (Fsp3) is 0.385. The summed E-state index contributed by atoms with van der Waals surface area (Å²) in [5.41, 5.74) is 1.37. The Bertz CT molecular complexity index is 1130. The van der Waals surface area contributed by atoms with Gasteiger partial charge >= 0.3 is 0 Å². The molecule has 0 radical (unpaired) electrons. The molecule has 3 aromatic rings. The van der Waals surface area contributed by atoms with Gasteiger partial charge in [0.1, 0.15) is 5.82 Å². The second-order valence-corrected chi connectivity index (χ2v) is 8.18. The number of halogens is 1. The van der Waals surface area contributed by atoms with E-state index in [-0.39, 0.29) is 24.2 Å². The second kappa shape index (κ2) is 11.8. The number of benzene rings is 2. The molecule has 2 aromatic carbocycles. The molecule has 9 heteroatoms. The van der Waals surface area contributed by atoms with Gasteiger partial charge in [0.2, 0.25) is 5.91 Å². The van der Waals surface area contributed by atoms with Gasteiger partial charge in [0.05, 0.1) is 45.2 Å². The van der Waals surface area contributed by atoms with E-state index in [4.69, 9.17) is 18.6 Å². The zero-order valence-electron chi connectivity index (χ0n) is 20.0. The molecule has 0 aliphatic carbocycles. The predicted octanol–water partition coefficient (Wildman–Crippen LogP) is 3.62. The number of methoxy groups -OCH3 is 2. The van der Waals surface area contributed by atoms with Crippen molar-refractivity contribution < 1.29 is 27.8 Å². The van der Waals surface area contributed by atoms with Gasteiger partial charge in [-0.15, -0.1) is 0 Å². The molecule has 1 amide bonds. The van der Waals surface area contributed by atoms with Crippen molar-refractivity contribution in [1.29, 1.82) is 0 Å². The van der Waals surface area contributed by atoms with E-state index < -0.39 is 0 Å². The van der Waals surface area contributed by atoms with Crippen LogP contribution in [-0.4, -0.2) is 62.9 Å². The van der Waals surface area contributed by atoms with Crippen LogP contribution < -0.4 is 14.8 Å². The van der Waals surface area contributed by atoms with E-state index >= 15 is 0 Å². The smallest absolute Gasteiger partial charge is 0.220 e. The average molecular weight is 484 g/mol. The summed E-state index contributed by atoms with van der Waals surface area (Å²) in [5, 5.41) is 3.04. The van der Waals surface area contributed by atoms with Gasteiger partial charge in [0.25, 0.3) is 0 Å². The summed E-state index contributed by atoms with van der Waals surface area (Å²) >= 11 is 0. The molecule has 186 valence electrons. The zero-order chi connectivity index (χ0) is 24.6. The number of hydrogen-bond donors (Lipinski definition) is 1. The minimum Gasteiger partial charge on any atom is -0.493 e. The van der Waals surface area contributed by atoms with Crippen LogP contribution in [0, 0.1) is 5.82 Å². The molecule has 35 heavy (non-hydrogen) atoms. The van der Waals surface area contributed by atoms with E-state index in [1.807, 2.05) is 18.2 Å². The standard InChI is InChI=1S/C26H30FN3O5/c1-32-22-8-7-18(15-23(22)33-2)21(30-11-13-34-14-12-30)16-28-25(31)9-10-26-29-17-24(35-26)19-5-3-4-6-20(19)27/h3-8,15,17,21H,9-14,16H2,1-2H3,(H,28,31). The van der Waals surface area contributed by atoms with Crippen molar-refractivity contribution in [2.24, 2.45) is 0 Å². The van der Waals surface area contributed by atoms with Crippen LogP contribution in [0.4, 0.5) is 4.39 Å². The van der Waals surface area contributed by atoms with Crippen LogP contribution in [0.5, 0.6) is 11.5 Å². The highest BCUT2D eigenvalue weighted by Gasteiger charge is 2.24. The Morgan fingerprint density at radius 1 is 1.14 bits per heavy atom. The lowest BCUT2D eigenvalue weighted by Gasteiger charge is -2.35. The van der Waals surface area contributed by atoms with Crippen LogP contribution in [0.2, 0.25) is 0 Å². The number of hydrogen-bond acceptors (Lipinski definition) is 7. The molecule has 1 aliphatic rings. The highest BCUT2D eigenvalue weighted by atomic mass is 19.1. The fourth-order valence-corrected chi connectivity index (χ4v) is 4.14. The van der Waals surface area contributed by atoms with Gasteiger partial charge in [0.15, 0.2) is 23.1 Å². The molecule has 1 aromatic heterocycles. The van der Waals surface area contributed by atoms with Crippen LogP contribution >= 0.6 is 0 Å². The Balaban J connectivity index is 1.38. The lowest BCUT2D eigenvalue weighted by molar-refractivity contribution is -0.121. The third kappa shape index (κ3) is 6.17. The summed E-state index contributed by atoms with van der Waals surface area (Å²) in [7, 11) is 3.21. The van der Waals surface area contributed by atoms with Gasteiger partial charge in [0, 0.05) is 32.5 Å². The first-order chi connectivity index (χ1) is 17.1. The maximum Gasteiger partial charge on any atom is 0.220 e. The van der Waals surface area contributed by atoms with Crippen LogP contribution in [0.15, 0.2) is 53.1 Å². The molecule has 1 saturated heterocycles. The van der Waals surface area contributed by atoms with Crippen LogP contribution in [-0.2, 0) is 16.0 Å². The van der Waals surface area contributed by atoms with Crippen molar-refractivity contribution in [3.05, 3.63) is 65.9 Å². The summed E-state index contributed by atoms with van der Waals surface area (Å²) in [5.74, 6) is 1.54. The maximum absolute atomic E-state index is 14.0. The van der Waals surface area contributed by atoms with Crippen LogP contribution in [0.1, 0.15) is 23.9 Å². The summed E-state index contributed by atoms with van der Waals surface area (Å²) in [6, 6.07) is 12.1. The number of nitrogens with zero attached hydrogens (tertiary/aromatic N) is 2. The molecule has 0 bridgehead atoms. The predicted molar refractivity (Wildman–Crippen MR) is 128 cm³/mol. The van der Waals surface area contributed by atoms with Crippen LogP contribution in [0.3, 0.4) is 0 Å². The second-order valence-electron chi connectivity index (χ2n) is 8.18. The molecule has 2 heterocycles. The highest BCUT2D eigenvalue weighted by Crippen LogP contribution is 2.32. The number of carbonyl (C=O) groups excluding carboxylic acids is 1. The molecule has 1 aliphatic heterocycles. The quantitative estimate of drug-likeness (QED) is 0.471. The maximum atomic E-state index is 14.0. The first-order valence-electron chi connectivity index (χ1n) is 11.6. The number of ether oxygens (including phenoxy) is 3. The minimum absolute atomic E-state index is 0.0444. The number of oxazole rings is 1. The number of nitrogens with one attached hydrogen (secondary N) is 1. The van der Waals surface area contributed by atoms with Crippen molar-refractivity contribution in [1.82, 2.24) is 15.2 Å². The molecule has 4 rings (SSSR count). The van der Waals surface area contributed by atoms with Gasteiger partial charge < -0.3 is 23.9 Å². The topological polar surface area (TPSA) is 86.1 Å². The van der Waals surface area contributed by atoms with Gasteiger partial charge in [-0.1, -0.05) is 18.2 Å². The Labute approximate surface area is 204 Å². The molecule has 1 atom stereocenters. The lowest BCUT2D eigenvalue weighted by atomic mass is 10.0. The number of morpholine rings is 1. The third-order valence-electron chi connectivity index (χ3n) is 6.03. The molecule has 0 saturated carbocycles. The summed E-state index contributed by atoms with van der Waals surface area (Å²) in [6.45, 7) is 3.26. The first-order valence-corrected chi connectivity index (χ1v) is 11.6. The van der Waals surface area contributed by atoms with E-state index in [2.05, 4.69) is 15.2 Å². The molecule has 1 fully saturated rings. The van der Waals surface area contributed by atoms with Crippen LogP contribution in [0.25, 0.3) is 11.3 Å². The number of rotatable bonds is 10. The summed E-state index contributed by atoms with van der Waals surface area (Å²) < 4.78 is 36.0. The largest absolute Gasteiger partial charge is 0.493 e. The van der Waals surface area contributed by atoms with E-state index in [1.54, 1.807) is 32.4 Å². The number of aromatic nitrogens is 1. The van der Waals surface area contributed by atoms with Crippen molar-refractivity contribution in [3.63, 3.8) is 0 Å². The average Bonchev–Trinajstić information content (AvgIpc) is 3.37. The minimum atomic E-state index is -0.378. The Kier molecular flexibility index (Phi) is 8.33. The van der Waals surface area contributed by atoms with Crippen molar-refractivity contribution >= 4 is 5.91 Å². The van der Waals surface area contributed by atoms with Crippen molar-refractivity contribution in [2.45, 2.75) is 18.9 Å². The van der Waals surface area contributed by atoms with E-state index in [1.165, 1.54) is 12.3 Å². The SMILES string of the molecule is COc1ccc(C(CNC(=O)CCc2ncc(-c3ccccc3F)o2)N2CCOCC2)cc1OC. The van der Waals surface area contributed by atoms with E-state index in [9.17, 15) is 9.18 Å². The molecular weight excluding hydrogens is 453 g/mol. The number of carbonyl (C=O) groups is 1. The third-order valence-corrected chi connectivity index (χ3v) is 6.03. The van der Waals surface area contributed by atoms with Gasteiger partial charge in [-0.3, -0.25) is 9.69 Å². The molecule has 1 unspecified atom stereocenters. The van der Waals surface area contributed by atoms with Gasteiger partial charge in [-0.25, -0.2) is 9.37 Å². The Morgan fingerprint density at radius 2 is 1.91 bits per heavy atom. The first kappa shape index (κ1) is 24.7. The van der Waals surface area contributed by atoms with E-state index in [0.717, 1.165) is 18.7 Å². The summed E-state index contributed by atoms with van der Waals surface area (Å²) in [6.07, 6.45) is 2.01. The number of amides is 1. The van der Waals surface area contributed by atoms with Gasteiger partial charge in [-0.05, 0) is 29.8 Å². The Hall–Kier alpha value is -3.43. The number of aryl methyl sites for hydroxylation is 1. The van der Waals surface area contributed by atoms with Crippen molar-refractivity contribution in [3.8, 4) is 22.8 Å². The molecule has 8 nitrogen and oxygen atoms in total. The fourth-order valence-electron chi connectivity index (χ4n) is 4.14. The normalized spacial score (nSPS) is 14.9. The molecular formula is C26H30FN3O5. The Morgan fingerprint density at radius 3 is 2.66 bits per heavy atom. The lowest BCUT2D eigenvalue weighted by Crippen LogP contribution is -2.43.